The van der Waals surface area contributed by atoms with Crippen LogP contribution in [0.2, 0.25) is 0 Å². The van der Waals surface area contributed by atoms with Crippen molar-refractivity contribution < 1.29 is 32.2 Å². The summed E-state index contributed by atoms with van der Waals surface area (Å²) in [5.41, 5.74) is 8.25. The molecule has 3 aromatic rings. The Morgan fingerprint density at radius 3 is 2.13 bits per heavy atom. The summed E-state index contributed by atoms with van der Waals surface area (Å²) in [6.07, 6.45) is 1.43. The van der Waals surface area contributed by atoms with E-state index in [4.69, 9.17) is 24.7 Å². The molecule has 0 saturated heterocycles. The highest BCUT2D eigenvalue weighted by molar-refractivity contribution is 7.93. The second kappa shape index (κ2) is 12.7. The van der Waals surface area contributed by atoms with Gasteiger partial charge in [0.2, 0.25) is 5.91 Å². The van der Waals surface area contributed by atoms with Gasteiger partial charge in [-0.1, -0.05) is 18.2 Å². The van der Waals surface area contributed by atoms with E-state index in [0.717, 1.165) is 5.41 Å². The fourth-order valence-electron chi connectivity index (χ4n) is 3.61. The minimum absolute atomic E-state index is 0.0855. The van der Waals surface area contributed by atoms with Crippen LogP contribution in [0.15, 0.2) is 60.0 Å². The average molecular weight is 542 g/mol. The number of para-hydroxylation sites is 2. The Morgan fingerprint density at radius 1 is 0.868 bits per heavy atom. The molecule has 38 heavy (non-hydrogen) atoms. The fourth-order valence-corrected chi connectivity index (χ4v) is 4.70. The van der Waals surface area contributed by atoms with Crippen molar-refractivity contribution >= 4 is 38.9 Å². The third-order valence-electron chi connectivity index (χ3n) is 5.50. The van der Waals surface area contributed by atoms with Crippen LogP contribution in [0.3, 0.4) is 0 Å². The molecule has 0 aromatic heterocycles. The van der Waals surface area contributed by atoms with Gasteiger partial charge >= 0.3 is 0 Å². The zero-order valence-electron chi connectivity index (χ0n) is 21.6. The first kappa shape index (κ1) is 28.2. The first-order valence-electron chi connectivity index (χ1n) is 11.5. The number of nitrogens with two attached hydrogens (primary N) is 1. The predicted molar refractivity (Wildman–Crippen MR) is 149 cm³/mol. The van der Waals surface area contributed by atoms with Gasteiger partial charge in [0, 0.05) is 17.5 Å². The molecule has 0 atom stereocenters. The van der Waals surface area contributed by atoms with Gasteiger partial charge in [0.15, 0.2) is 9.84 Å². The second-order valence-electron chi connectivity index (χ2n) is 8.08. The molecule has 0 aliphatic carbocycles. The summed E-state index contributed by atoms with van der Waals surface area (Å²) in [4.78, 5) is 12.4. The maximum atomic E-state index is 12.9. The monoisotopic (exact) mass is 541 g/mol. The van der Waals surface area contributed by atoms with Gasteiger partial charge in [-0.2, -0.15) is 0 Å². The van der Waals surface area contributed by atoms with Crippen molar-refractivity contribution in [2.24, 2.45) is 0 Å². The lowest BCUT2D eigenvalue weighted by Gasteiger charge is -2.14. The van der Waals surface area contributed by atoms with Crippen molar-refractivity contribution in [3.8, 4) is 23.0 Å². The molecule has 11 heteroatoms. The van der Waals surface area contributed by atoms with Crippen LogP contribution in [-0.4, -0.2) is 49.3 Å². The largest absolute Gasteiger partial charge is 0.496 e. The Balaban J connectivity index is 1.75. The SMILES string of the molecule is COc1cc(OC)c(/C=C/S(=O)(=O)Cc2ccc(OC)c(NCC(=O)Nc3ccccc3N)c2)c(OC)c1. The van der Waals surface area contributed by atoms with Gasteiger partial charge in [-0.3, -0.25) is 4.79 Å². The van der Waals surface area contributed by atoms with E-state index in [1.807, 2.05) is 0 Å². The number of ether oxygens (including phenoxy) is 4. The Bertz CT molecular complexity index is 1400. The normalized spacial score (nSPS) is 11.2. The number of carbonyl (C=O) groups is 1. The van der Waals surface area contributed by atoms with Crippen molar-refractivity contribution in [1.82, 2.24) is 0 Å². The van der Waals surface area contributed by atoms with Gasteiger partial charge in [-0.25, -0.2) is 8.42 Å². The number of sulfone groups is 1. The quantitative estimate of drug-likeness (QED) is 0.291. The molecule has 3 rings (SSSR count). The molecule has 0 unspecified atom stereocenters. The molecule has 0 heterocycles. The second-order valence-corrected chi connectivity index (χ2v) is 9.97. The molecule has 202 valence electrons. The Labute approximate surface area is 222 Å². The van der Waals surface area contributed by atoms with Crippen molar-refractivity contribution in [1.29, 1.82) is 0 Å². The number of rotatable bonds is 12. The summed E-state index contributed by atoms with van der Waals surface area (Å²) in [7, 11) is 2.25. The predicted octanol–water partition coefficient (Wildman–Crippen LogP) is 3.94. The summed E-state index contributed by atoms with van der Waals surface area (Å²) < 4.78 is 47.2. The zero-order valence-corrected chi connectivity index (χ0v) is 22.4. The average Bonchev–Trinajstić information content (AvgIpc) is 2.91. The van der Waals surface area contributed by atoms with Gasteiger partial charge in [0.05, 0.1) is 63.4 Å². The number of amides is 1. The molecule has 1 amide bonds. The first-order chi connectivity index (χ1) is 18.2. The van der Waals surface area contributed by atoms with E-state index in [1.54, 1.807) is 54.6 Å². The number of nitrogens with one attached hydrogen (secondary N) is 2. The maximum absolute atomic E-state index is 12.9. The zero-order chi connectivity index (χ0) is 27.7. The molecule has 0 bridgehead atoms. The Morgan fingerprint density at radius 2 is 1.53 bits per heavy atom. The number of nitrogen functional groups attached to an aromatic ring is 1. The number of benzene rings is 3. The van der Waals surface area contributed by atoms with Crippen molar-refractivity contribution in [3.05, 3.63) is 71.1 Å². The van der Waals surface area contributed by atoms with Gasteiger partial charge in [0.25, 0.3) is 0 Å². The van der Waals surface area contributed by atoms with Crippen molar-refractivity contribution in [2.75, 3.05) is 51.4 Å². The lowest BCUT2D eigenvalue weighted by molar-refractivity contribution is -0.114. The van der Waals surface area contributed by atoms with Crippen LogP contribution in [0.1, 0.15) is 11.1 Å². The molecule has 0 spiro atoms. The third-order valence-corrected chi connectivity index (χ3v) is 6.79. The van der Waals surface area contributed by atoms with E-state index in [2.05, 4.69) is 10.6 Å². The van der Waals surface area contributed by atoms with E-state index in [9.17, 15) is 13.2 Å². The summed E-state index contributed by atoms with van der Waals surface area (Å²) in [5, 5.41) is 6.83. The van der Waals surface area contributed by atoms with Crippen molar-refractivity contribution in [3.63, 3.8) is 0 Å². The van der Waals surface area contributed by atoms with Crippen LogP contribution in [0.25, 0.3) is 6.08 Å². The minimum atomic E-state index is -3.70. The maximum Gasteiger partial charge on any atom is 0.243 e. The van der Waals surface area contributed by atoms with Gasteiger partial charge < -0.3 is 35.3 Å². The molecule has 0 saturated carbocycles. The Hall–Kier alpha value is -4.38. The Kier molecular flexibility index (Phi) is 9.44. The molecule has 0 radical (unpaired) electrons. The van der Waals surface area contributed by atoms with Crippen LogP contribution < -0.4 is 35.3 Å². The van der Waals surface area contributed by atoms with Gasteiger partial charge in [0.1, 0.15) is 23.0 Å². The highest BCUT2D eigenvalue weighted by Crippen LogP contribution is 2.35. The van der Waals surface area contributed by atoms with E-state index in [0.29, 0.717) is 51.2 Å². The summed E-state index contributed by atoms with van der Waals surface area (Å²) in [5.74, 6) is 1.17. The molecule has 4 N–H and O–H groups in total. The standard InChI is InChI=1S/C27H31N3O7S/c1-34-19-14-25(36-3)20(26(15-19)37-4)11-12-38(32,33)17-18-9-10-24(35-2)23(13-18)29-16-27(31)30-22-8-6-5-7-21(22)28/h5-15,29H,16-17,28H2,1-4H3,(H,30,31)/b12-11+. The lowest BCUT2D eigenvalue weighted by atomic mass is 10.1. The van der Waals surface area contributed by atoms with Crippen LogP contribution >= 0.6 is 0 Å². The lowest BCUT2D eigenvalue weighted by Crippen LogP contribution is -2.22. The number of methoxy groups -OCH3 is 4. The highest BCUT2D eigenvalue weighted by Gasteiger charge is 2.15. The van der Waals surface area contributed by atoms with Crippen LogP contribution in [-0.2, 0) is 20.4 Å². The molecule has 3 aromatic carbocycles. The van der Waals surface area contributed by atoms with Crippen molar-refractivity contribution in [2.45, 2.75) is 5.75 Å². The minimum Gasteiger partial charge on any atom is -0.496 e. The molecular formula is C27H31N3O7S. The van der Waals surface area contributed by atoms with E-state index < -0.39 is 9.84 Å². The number of anilines is 3. The summed E-state index contributed by atoms with van der Waals surface area (Å²) in [6.45, 7) is -0.0855. The third kappa shape index (κ3) is 7.32. The summed E-state index contributed by atoms with van der Waals surface area (Å²) in [6, 6.07) is 15.1. The number of carbonyl (C=O) groups excluding carboxylic acids is 1. The van der Waals surface area contributed by atoms with E-state index >= 15 is 0 Å². The number of hydrogen-bond donors (Lipinski definition) is 3. The van der Waals surface area contributed by atoms with E-state index in [1.165, 1.54) is 34.5 Å². The van der Waals surface area contributed by atoms with Gasteiger partial charge in [-0.15, -0.1) is 0 Å². The fraction of sp³-hybridized carbons (Fsp3) is 0.222. The molecule has 0 fully saturated rings. The van der Waals surface area contributed by atoms with Gasteiger partial charge in [-0.05, 0) is 35.9 Å². The van der Waals surface area contributed by atoms with E-state index in [-0.39, 0.29) is 18.2 Å². The smallest absolute Gasteiger partial charge is 0.243 e. The topological polar surface area (TPSA) is 138 Å². The molecule has 0 aliphatic rings. The van der Waals surface area contributed by atoms with Crippen LogP contribution in [0, 0.1) is 0 Å². The molecular weight excluding hydrogens is 510 g/mol. The number of hydrogen-bond acceptors (Lipinski definition) is 9. The highest BCUT2D eigenvalue weighted by atomic mass is 32.2. The van der Waals surface area contributed by atoms with Crippen LogP contribution in [0.5, 0.6) is 23.0 Å². The summed E-state index contributed by atoms with van der Waals surface area (Å²) >= 11 is 0. The van der Waals surface area contributed by atoms with Crippen LogP contribution in [0.4, 0.5) is 17.1 Å². The first-order valence-corrected chi connectivity index (χ1v) is 13.2. The molecule has 10 nitrogen and oxygen atoms in total. The molecule has 0 aliphatic heterocycles.